The first-order valence-electron chi connectivity index (χ1n) is 26.2. The molecule has 4 aliphatic heterocycles. The molecule has 0 aromatic heterocycles. The van der Waals surface area contributed by atoms with Crippen molar-refractivity contribution in [3.63, 3.8) is 0 Å². The second kappa shape index (κ2) is 22.5. The number of anilines is 4. The fourth-order valence-electron chi connectivity index (χ4n) is 11.1. The van der Waals surface area contributed by atoms with Crippen LogP contribution in [0.5, 0.6) is 0 Å². The average molecular weight is 1030 g/mol. The van der Waals surface area contributed by atoms with Gasteiger partial charge in [0.2, 0.25) is 0 Å². The highest BCUT2D eigenvalue weighted by Gasteiger charge is 2.60. The third-order valence-electron chi connectivity index (χ3n) is 15.4. The van der Waals surface area contributed by atoms with Gasteiger partial charge in [0.15, 0.2) is 11.4 Å². The summed E-state index contributed by atoms with van der Waals surface area (Å²) in [6, 6.07) is 29.6. The van der Waals surface area contributed by atoms with Crippen LogP contribution in [0.1, 0.15) is 83.5 Å². The Balaban J connectivity index is 0.781. The van der Waals surface area contributed by atoms with Crippen LogP contribution in [-0.4, -0.2) is 159 Å². The normalized spacial score (nSPS) is 20.4. The van der Waals surface area contributed by atoms with Gasteiger partial charge in [0.05, 0.1) is 40.9 Å². The van der Waals surface area contributed by atoms with Crippen LogP contribution in [0.2, 0.25) is 0 Å². The van der Waals surface area contributed by atoms with Gasteiger partial charge in [0, 0.05) is 116 Å². The smallest absolute Gasteiger partial charge is 0.251 e. The van der Waals surface area contributed by atoms with E-state index in [4.69, 9.17) is 9.47 Å². The van der Waals surface area contributed by atoms with Crippen LogP contribution in [0, 0.1) is 0 Å². The molecule has 4 aliphatic rings. The highest BCUT2D eigenvalue weighted by Crippen LogP contribution is 2.57. The topological polar surface area (TPSA) is 92.9 Å². The maximum atomic E-state index is 13.5. The molecule has 2 atom stereocenters. The lowest BCUT2D eigenvalue weighted by atomic mass is 9.77. The van der Waals surface area contributed by atoms with Crippen LogP contribution in [0.15, 0.2) is 97.1 Å². The number of hydrogen-bond acceptors (Lipinski definition) is 11. The molecule has 8 rings (SSSR count). The molecule has 2 unspecified atom stereocenters. The van der Waals surface area contributed by atoms with Gasteiger partial charge in [0.1, 0.15) is 0 Å². The number of carbonyl (C=O) groups is 2. The molecule has 0 saturated carbocycles. The fourth-order valence-corrected chi connectivity index (χ4v) is 12.9. The number of quaternary nitrogens is 1. The van der Waals surface area contributed by atoms with E-state index in [0.29, 0.717) is 37.4 Å². The molecule has 14 heteroatoms. The van der Waals surface area contributed by atoms with Crippen LogP contribution in [-0.2, 0) is 20.3 Å². The zero-order valence-electron chi connectivity index (χ0n) is 45.4. The van der Waals surface area contributed by atoms with Crippen LogP contribution in [0.25, 0.3) is 12.2 Å². The minimum atomic E-state index is -0.650. The molecule has 0 spiro atoms. The van der Waals surface area contributed by atoms with Crippen molar-refractivity contribution in [2.45, 2.75) is 62.8 Å². The van der Waals surface area contributed by atoms with Crippen LogP contribution >= 0.6 is 21.6 Å². The first kappa shape index (κ1) is 54.3. The highest BCUT2D eigenvalue weighted by molar-refractivity contribution is 8.76. The number of hydrogen-bond donors (Lipinski definition) is 2. The summed E-state index contributed by atoms with van der Waals surface area (Å²) in [4.78, 5) is 38.6. The SMILES string of the molecule is CN(C)CCCN(C)c1ccc(/C=C/C23OCCN2c2ccc(C(=O)NCCSSCCNC(=O)c4ccc5c(c4)C(C)(C)C4(/C=C/c6ccc(N(C)CCC[N+](C)(C)C)cc6)OCCN54)cc2C3(C)C)cc1. The number of nitrogens with one attached hydrogen (secondary N) is 2. The third kappa shape index (κ3) is 11.5. The van der Waals surface area contributed by atoms with Crippen molar-refractivity contribution < 1.29 is 23.5 Å². The van der Waals surface area contributed by atoms with Crippen LogP contribution in [0.4, 0.5) is 22.7 Å². The summed E-state index contributed by atoms with van der Waals surface area (Å²) in [7, 11) is 18.7. The summed E-state index contributed by atoms with van der Waals surface area (Å²) >= 11 is 0. The molecule has 4 aromatic carbocycles. The molecular formula is C59H81N8O4S2+. The van der Waals surface area contributed by atoms with Gasteiger partial charge >= 0.3 is 0 Å². The van der Waals surface area contributed by atoms with E-state index in [-0.39, 0.29) is 11.8 Å². The zero-order valence-corrected chi connectivity index (χ0v) is 47.1. The van der Waals surface area contributed by atoms with E-state index in [1.165, 1.54) is 11.4 Å². The van der Waals surface area contributed by atoms with E-state index in [2.05, 4.69) is 209 Å². The summed E-state index contributed by atoms with van der Waals surface area (Å²) in [5.74, 6) is 1.34. The molecular weight excluding hydrogens is 949 g/mol. The van der Waals surface area contributed by atoms with Crippen molar-refractivity contribution in [2.75, 3.05) is 146 Å². The van der Waals surface area contributed by atoms with Crippen LogP contribution < -0.4 is 30.2 Å². The van der Waals surface area contributed by atoms with Crippen molar-refractivity contribution in [2.24, 2.45) is 0 Å². The zero-order chi connectivity index (χ0) is 52.2. The van der Waals surface area contributed by atoms with Crippen molar-refractivity contribution in [1.82, 2.24) is 15.5 Å². The molecule has 0 radical (unpaired) electrons. The van der Waals surface area contributed by atoms with Gasteiger partial charge in [-0.2, -0.15) is 0 Å². The number of fused-ring (bicyclic) bond motifs is 6. The second-order valence-corrected chi connectivity index (χ2v) is 25.2. The molecule has 12 nitrogen and oxygen atoms in total. The second-order valence-electron chi connectivity index (χ2n) is 22.5. The Kier molecular flexibility index (Phi) is 16.7. The number of rotatable bonds is 23. The molecule has 2 saturated heterocycles. The molecule has 0 bridgehead atoms. The Morgan fingerprint density at radius 3 is 1.45 bits per heavy atom. The predicted octanol–water partition coefficient (Wildman–Crippen LogP) is 9.22. The maximum Gasteiger partial charge on any atom is 0.251 e. The Hall–Kier alpha value is -4.96. The first-order valence-corrected chi connectivity index (χ1v) is 28.6. The maximum absolute atomic E-state index is 13.5. The van der Waals surface area contributed by atoms with E-state index < -0.39 is 22.3 Å². The van der Waals surface area contributed by atoms with Crippen molar-refractivity contribution in [1.29, 1.82) is 0 Å². The van der Waals surface area contributed by atoms with Gasteiger partial charge < -0.3 is 49.1 Å². The van der Waals surface area contributed by atoms with E-state index >= 15 is 0 Å². The molecule has 392 valence electrons. The van der Waals surface area contributed by atoms with E-state index in [1.807, 2.05) is 12.1 Å². The Bertz CT molecular complexity index is 2630. The number of ether oxygens (including phenoxy) is 2. The van der Waals surface area contributed by atoms with Gasteiger partial charge in [-0.05, 0) is 122 Å². The molecule has 73 heavy (non-hydrogen) atoms. The highest BCUT2D eigenvalue weighted by atomic mass is 33.1. The van der Waals surface area contributed by atoms with E-state index in [1.54, 1.807) is 21.6 Å². The molecule has 4 aromatic rings. The minimum Gasteiger partial charge on any atom is -0.375 e. The molecule has 4 heterocycles. The lowest BCUT2D eigenvalue weighted by Gasteiger charge is -2.39. The van der Waals surface area contributed by atoms with Gasteiger partial charge in [0.25, 0.3) is 11.8 Å². The molecule has 2 amide bonds. The largest absolute Gasteiger partial charge is 0.375 e. The van der Waals surface area contributed by atoms with Gasteiger partial charge in [-0.3, -0.25) is 9.59 Å². The predicted molar refractivity (Wildman–Crippen MR) is 309 cm³/mol. The number of nitrogens with zero attached hydrogens (tertiary/aromatic N) is 6. The third-order valence-corrected chi connectivity index (χ3v) is 17.8. The summed E-state index contributed by atoms with van der Waals surface area (Å²) < 4.78 is 14.2. The lowest BCUT2D eigenvalue weighted by Crippen LogP contribution is -2.51. The quantitative estimate of drug-likeness (QED) is 0.0424. The first-order chi connectivity index (χ1) is 34.8. The van der Waals surface area contributed by atoms with Crippen LogP contribution in [0.3, 0.4) is 0 Å². The summed E-state index contributed by atoms with van der Waals surface area (Å²) in [5, 5.41) is 6.27. The molecule has 2 fully saturated rings. The summed E-state index contributed by atoms with van der Waals surface area (Å²) in [6.45, 7) is 17.1. The number of amides is 2. The minimum absolute atomic E-state index is 0.0805. The van der Waals surface area contributed by atoms with Gasteiger partial charge in [-0.25, -0.2) is 0 Å². The lowest BCUT2D eigenvalue weighted by molar-refractivity contribution is -0.870. The number of benzene rings is 4. The summed E-state index contributed by atoms with van der Waals surface area (Å²) in [6.07, 6.45) is 11.0. The van der Waals surface area contributed by atoms with E-state index in [9.17, 15) is 9.59 Å². The monoisotopic (exact) mass is 1030 g/mol. The summed E-state index contributed by atoms with van der Waals surface area (Å²) in [5.41, 5.74) is 8.34. The Morgan fingerprint density at radius 1 is 0.616 bits per heavy atom. The molecule has 2 N–H and O–H groups in total. The van der Waals surface area contributed by atoms with Gasteiger partial charge in [-0.1, -0.05) is 85.7 Å². The molecule has 0 aliphatic carbocycles. The Labute approximate surface area is 444 Å². The Morgan fingerprint density at radius 2 is 1.04 bits per heavy atom. The fraction of sp³-hybridized carbons (Fsp3) is 0.492. The standard InChI is InChI=1S/C59H80N8O4S2/c1-56(2)50-42-46(18-24-52(50)65-35-38-70-58(56,65)28-26-44-14-20-48(21-15-44)63(7)33-12-32-62(5)6)54(68)60-30-40-72-73-41-31-61-55(69)47-19-25-53-51(43-47)57(3,4)59(66(53)36-39-71-59)29-27-45-16-22-49(23-17-45)64(8)34-13-37-67(9,10)11/h14-29,42-43H,12-13,30-41H2,1-11H3,(H-,60,61,68,69)/p+1/b28-26+,29-27+. The van der Waals surface area contributed by atoms with Crippen molar-refractivity contribution >= 4 is 68.3 Å². The van der Waals surface area contributed by atoms with Crippen molar-refractivity contribution in [3.05, 3.63) is 130 Å². The van der Waals surface area contributed by atoms with Gasteiger partial charge in [-0.15, -0.1) is 0 Å². The number of carbonyl (C=O) groups excluding carboxylic acids is 2. The van der Waals surface area contributed by atoms with E-state index in [0.717, 1.165) is 102 Å². The van der Waals surface area contributed by atoms with Crippen molar-refractivity contribution in [3.8, 4) is 0 Å². The average Bonchev–Trinajstić information content (AvgIpc) is 4.09.